The Morgan fingerprint density at radius 1 is 1.38 bits per heavy atom. The lowest BCUT2D eigenvalue weighted by Gasteiger charge is -2.08. The van der Waals surface area contributed by atoms with Crippen LogP contribution in [-0.2, 0) is 12.4 Å². The van der Waals surface area contributed by atoms with Crippen LogP contribution >= 0.6 is 23.2 Å². The molecule has 0 saturated heterocycles. The summed E-state index contributed by atoms with van der Waals surface area (Å²) in [7, 11) is 0. The minimum absolute atomic E-state index is 0.413. The van der Waals surface area contributed by atoms with Crippen LogP contribution in [0.3, 0.4) is 0 Å². The van der Waals surface area contributed by atoms with Crippen molar-refractivity contribution in [3.05, 3.63) is 52.6 Å². The van der Waals surface area contributed by atoms with Crippen LogP contribution in [0.25, 0.3) is 0 Å². The van der Waals surface area contributed by atoms with Gasteiger partial charge in [0, 0.05) is 17.4 Å². The number of alkyl halides is 1. The van der Waals surface area contributed by atoms with Crippen molar-refractivity contribution in [3.63, 3.8) is 0 Å². The monoisotopic (exact) mass is 254 g/mol. The van der Waals surface area contributed by atoms with E-state index in [1.807, 2.05) is 29.8 Å². The molecule has 16 heavy (non-hydrogen) atoms. The molecule has 2 nitrogen and oxygen atoms in total. The van der Waals surface area contributed by atoms with Crippen molar-refractivity contribution in [2.75, 3.05) is 0 Å². The van der Waals surface area contributed by atoms with E-state index < -0.39 is 0 Å². The Kier molecular flexibility index (Phi) is 3.52. The first kappa shape index (κ1) is 11.5. The van der Waals surface area contributed by atoms with Gasteiger partial charge < -0.3 is 4.57 Å². The molecule has 0 unspecified atom stereocenters. The van der Waals surface area contributed by atoms with Crippen molar-refractivity contribution >= 4 is 23.2 Å². The SMILES string of the molecule is Cc1ccc(Cn2ccnc2CCl)c(Cl)c1. The summed E-state index contributed by atoms with van der Waals surface area (Å²) < 4.78 is 2.00. The van der Waals surface area contributed by atoms with Crippen LogP contribution in [0.4, 0.5) is 0 Å². The minimum atomic E-state index is 0.413. The number of aryl methyl sites for hydroxylation is 1. The lowest BCUT2D eigenvalue weighted by Crippen LogP contribution is -2.03. The molecular formula is C12H12Cl2N2. The van der Waals surface area contributed by atoms with Crippen LogP contribution in [0.1, 0.15) is 17.0 Å². The van der Waals surface area contributed by atoms with Crippen LogP contribution in [0, 0.1) is 6.92 Å². The van der Waals surface area contributed by atoms with Crippen molar-refractivity contribution in [1.29, 1.82) is 0 Å². The molecule has 0 N–H and O–H groups in total. The fourth-order valence-electron chi connectivity index (χ4n) is 1.58. The molecule has 4 heteroatoms. The van der Waals surface area contributed by atoms with E-state index in [0.717, 1.165) is 22.0 Å². The molecule has 84 valence electrons. The molecule has 0 saturated carbocycles. The zero-order chi connectivity index (χ0) is 11.5. The van der Waals surface area contributed by atoms with E-state index >= 15 is 0 Å². The van der Waals surface area contributed by atoms with E-state index in [1.54, 1.807) is 6.20 Å². The summed E-state index contributed by atoms with van der Waals surface area (Å²) in [5, 5.41) is 0.786. The van der Waals surface area contributed by atoms with Gasteiger partial charge >= 0.3 is 0 Å². The van der Waals surface area contributed by atoms with Crippen LogP contribution in [0.5, 0.6) is 0 Å². The Morgan fingerprint density at radius 2 is 2.19 bits per heavy atom. The van der Waals surface area contributed by atoms with E-state index in [2.05, 4.69) is 11.1 Å². The maximum absolute atomic E-state index is 6.18. The molecule has 1 aromatic carbocycles. The number of rotatable bonds is 3. The Hall–Kier alpha value is -0.990. The number of halogens is 2. The number of hydrogen-bond acceptors (Lipinski definition) is 1. The van der Waals surface area contributed by atoms with Crippen LogP contribution in [0.15, 0.2) is 30.6 Å². The molecule has 0 aliphatic rings. The largest absolute Gasteiger partial charge is 0.329 e. The number of benzene rings is 1. The second-order valence-corrected chi connectivity index (χ2v) is 4.37. The lowest BCUT2D eigenvalue weighted by atomic mass is 10.1. The molecule has 0 aliphatic heterocycles. The first-order chi connectivity index (χ1) is 7.70. The summed E-state index contributed by atoms with van der Waals surface area (Å²) in [5.41, 5.74) is 2.24. The Labute approximate surface area is 105 Å². The van der Waals surface area contributed by atoms with Gasteiger partial charge in [-0.3, -0.25) is 0 Å². The highest BCUT2D eigenvalue weighted by molar-refractivity contribution is 6.31. The second-order valence-electron chi connectivity index (χ2n) is 3.70. The Balaban J connectivity index is 2.27. The van der Waals surface area contributed by atoms with Crippen LogP contribution in [0.2, 0.25) is 5.02 Å². The van der Waals surface area contributed by atoms with Gasteiger partial charge in [-0.25, -0.2) is 4.98 Å². The maximum atomic E-state index is 6.18. The average Bonchev–Trinajstić information content (AvgIpc) is 2.69. The third kappa shape index (κ3) is 2.39. The van der Waals surface area contributed by atoms with Crippen molar-refractivity contribution in [3.8, 4) is 0 Å². The number of aromatic nitrogens is 2. The van der Waals surface area contributed by atoms with Gasteiger partial charge in [-0.15, -0.1) is 11.6 Å². The molecule has 1 heterocycles. The molecule has 1 aromatic heterocycles. The first-order valence-electron chi connectivity index (χ1n) is 5.01. The van der Waals surface area contributed by atoms with E-state index in [0.29, 0.717) is 12.4 Å². The summed E-state index contributed by atoms with van der Waals surface area (Å²) in [6.07, 6.45) is 3.66. The van der Waals surface area contributed by atoms with Crippen LogP contribution in [-0.4, -0.2) is 9.55 Å². The normalized spacial score (nSPS) is 10.7. The Bertz CT molecular complexity index is 492. The number of hydrogen-bond donors (Lipinski definition) is 0. The molecule has 0 atom stereocenters. The molecule has 0 radical (unpaired) electrons. The predicted molar refractivity (Wildman–Crippen MR) is 67.1 cm³/mol. The summed E-state index contributed by atoms with van der Waals surface area (Å²) in [4.78, 5) is 4.17. The third-order valence-corrected chi connectivity index (χ3v) is 3.06. The van der Waals surface area contributed by atoms with Crippen molar-refractivity contribution in [2.45, 2.75) is 19.3 Å². The molecule has 2 aromatic rings. The van der Waals surface area contributed by atoms with Crippen LogP contribution < -0.4 is 0 Å². The predicted octanol–water partition coefficient (Wildman–Crippen LogP) is 3.63. The van der Waals surface area contributed by atoms with E-state index in [9.17, 15) is 0 Å². The first-order valence-corrected chi connectivity index (χ1v) is 5.93. The minimum Gasteiger partial charge on any atom is -0.329 e. The standard InChI is InChI=1S/C12H12Cl2N2/c1-9-2-3-10(11(14)6-9)8-16-5-4-15-12(16)7-13/h2-6H,7-8H2,1H3. The zero-order valence-corrected chi connectivity index (χ0v) is 10.5. The fourth-order valence-corrected chi connectivity index (χ4v) is 2.10. The highest BCUT2D eigenvalue weighted by atomic mass is 35.5. The number of imidazole rings is 1. The van der Waals surface area contributed by atoms with Gasteiger partial charge in [-0.2, -0.15) is 0 Å². The molecule has 0 spiro atoms. The van der Waals surface area contributed by atoms with Crippen molar-refractivity contribution in [2.24, 2.45) is 0 Å². The van der Waals surface area contributed by atoms with Gasteiger partial charge in [0.25, 0.3) is 0 Å². The van der Waals surface area contributed by atoms with Gasteiger partial charge in [-0.05, 0) is 24.1 Å². The summed E-state index contributed by atoms with van der Waals surface area (Å²) in [6, 6.07) is 6.06. The van der Waals surface area contributed by atoms with Gasteiger partial charge in [0.15, 0.2) is 0 Å². The van der Waals surface area contributed by atoms with E-state index in [-0.39, 0.29) is 0 Å². The summed E-state index contributed by atoms with van der Waals surface area (Å²) >= 11 is 12.0. The van der Waals surface area contributed by atoms with Crippen molar-refractivity contribution in [1.82, 2.24) is 9.55 Å². The molecule has 0 bridgehead atoms. The summed E-state index contributed by atoms with van der Waals surface area (Å²) in [6.45, 7) is 2.73. The van der Waals surface area contributed by atoms with Gasteiger partial charge in [0.05, 0.1) is 12.4 Å². The van der Waals surface area contributed by atoms with Gasteiger partial charge in [0.1, 0.15) is 5.82 Å². The van der Waals surface area contributed by atoms with Crippen molar-refractivity contribution < 1.29 is 0 Å². The third-order valence-electron chi connectivity index (χ3n) is 2.47. The van der Waals surface area contributed by atoms with E-state index in [4.69, 9.17) is 23.2 Å². The topological polar surface area (TPSA) is 17.8 Å². The molecule has 0 amide bonds. The maximum Gasteiger partial charge on any atom is 0.123 e. The van der Waals surface area contributed by atoms with Gasteiger partial charge in [-0.1, -0.05) is 23.7 Å². The fraction of sp³-hybridized carbons (Fsp3) is 0.250. The Morgan fingerprint density at radius 3 is 2.88 bits per heavy atom. The summed E-state index contributed by atoms with van der Waals surface area (Å²) in [5.74, 6) is 1.27. The molecule has 0 aliphatic carbocycles. The second kappa shape index (κ2) is 4.89. The highest BCUT2D eigenvalue weighted by Crippen LogP contribution is 2.19. The highest BCUT2D eigenvalue weighted by Gasteiger charge is 2.05. The zero-order valence-electron chi connectivity index (χ0n) is 8.95. The molecular weight excluding hydrogens is 243 g/mol. The lowest BCUT2D eigenvalue weighted by molar-refractivity contribution is 0.755. The smallest absolute Gasteiger partial charge is 0.123 e. The molecule has 0 fully saturated rings. The average molecular weight is 255 g/mol. The quantitative estimate of drug-likeness (QED) is 0.766. The van der Waals surface area contributed by atoms with Gasteiger partial charge in [0.2, 0.25) is 0 Å². The number of nitrogens with zero attached hydrogens (tertiary/aromatic N) is 2. The van der Waals surface area contributed by atoms with E-state index in [1.165, 1.54) is 0 Å². The molecule has 2 rings (SSSR count).